The average molecular weight is 251 g/mol. The van der Waals surface area contributed by atoms with E-state index in [4.69, 9.17) is 0 Å². The Morgan fingerprint density at radius 2 is 2.53 bits per heavy atom. The number of rotatable bonds is 3. The molecule has 0 radical (unpaired) electrons. The SMILES string of the molecule is Cc1csc(CNC(=O)C2CC3CCC2N3)n1. The van der Waals surface area contributed by atoms with Crippen LogP contribution in [0.2, 0.25) is 0 Å². The molecule has 2 fully saturated rings. The van der Waals surface area contributed by atoms with Gasteiger partial charge in [-0.2, -0.15) is 0 Å². The molecule has 92 valence electrons. The molecular formula is C12H17N3OS. The molecule has 5 heteroatoms. The van der Waals surface area contributed by atoms with Gasteiger partial charge in [-0.3, -0.25) is 4.79 Å². The molecule has 0 aromatic carbocycles. The van der Waals surface area contributed by atoms with E-state index >= 15 is 0 Å². The minimum absolute atomic E-state index is 0.176. The Kier molecular flexibility index (Phi) is 2.88. The zero-order chi connectivity index (χ0) is 11.8. The van der Waals surface area contributed by atoms with E-state index in [-0.39, 0.29) is 11.8 Å². The highest BCUT2D eigenvalue weighted by molar-refractivity contribution is 7.09. The Bertz CT molecular complexity index is 431. The van der Waals surface area contributed by atoms with Crippen molar-refractivity contribution in [2.24, 2.45) is 5.92 Å². The molecule has 4 nitrogen and oxygen atoms in total. The summed E-state index contributed by atoms with van der Waals surface area (Å²) < 4.78 is 0. The van der Waals surface area contributed by atoms with Crippen LogP contribution in [0.25, 0.3) is 0 Å². The number of carbonyl (C=O) groups is 1. The number of amides is 1. The number of nitrogens with zero attached hydrogens (tertiary/aromatic N) is 1. The maximum atomic E-state index is 12.0. The second kappa shape index (κ2) is 4.38. The second-order valence-electron chi connectivity index (χ2n) is 4.99. The van der Waals surface area contributed by atoms with Gasteiger partial charge in [0.1, 0.15) is 5.01 Å². The molecule has 0 aliphatic carbocycles. The Morgan fingerprint density at radius 1 is 1.65 bits per heavy atom. The van der Waals surface area contributed by atoms with Crippen LogP contribution in [0.15, 0.2) is 5.38 Å². The molecule has 17 heavy (non-hydrogen) atoms. The number of fused-ring (bicyclic) bond motifs is 2. The van der Waals surface area contributed by atoms with Gasteiger partial charge in [0.05, 0.1) is 12.5 Å². The Morgan fingerprint density at radius 3 is 3.12 bits per heavy atom. The topological polar surface area (TPSA) is 54.0 Å². The summed E-state index contributed by atoms with van der Waals surface area (Å²) in [4.78, 5) is 16.4. The quantitative estimate of drug-likeness (QED) is 0.849. The van der Waals surface area contributed by atoms with E-state index in [1.54, 1.807) is 11.3 Å². The fourth-order valence-electron chi connectivity index (χ4n) is 2.89. The first kappa shape index (κ1) is 11.2. The molecular weight excluding hydrogens is 234 g/mol. The van der Waals surface area contributed by atoms with Crippen LogP contribution < -0.4 is 10.6 Å². The highest BCUT2D eigenvalue weighted by atomic mass is 32.1. The number of hydrogen-bond donors (Lipinski definition) is 2. The van der Waals surface area contributed by atoms with E-state index < -0.39 is 0 Å². The van der Waals surface area contributed by atoms with Crippen LogP contribution in [0.5, 0.6) is 0 Å². The highest BCUT2D eigenvalue weighted by Crippen LogP contribution is 2.33. The number of aromatic nitrogens is 1. The van der Waals surface area contributed by atoms with Gasteiger partial charge >= 0.3 is 0 Å². The van der Waals surface area contributed by atoms with Crippen LogP contribution in [-0.4, -0.2) is 23.0 Å². The monoisotopic (exact) mass is 251 g/mol. The fraction of sp³-hybridized carbons (Fsp3) is 0.667. The van der Waals surface area contributed by atoms with Crippen molar-refractivity contribution in [3.05, 3.63) is 16.1 Å². The van der Waals surface area contributed by atoms with Gasteiger partial charge in [0, 0.05) is 23.2 Å². The third kappa shape index (κ3) is 2.21. The van der Waals surface area contributed by atoms with Crippen LogP contribution in [0.4, 0.5) is 0 Å². The van der Waals surface area contributed by atoms with E-state index in [1.807, 2.05) is 12.3 Å². The Labute approximate surface area is 105 Å². The van der Waals surface area contributed by atoms with Crippen molar-refractivity contribution < 1.29 is 4.79 Å². The molecule has 2 saturated heterocycles. The molecule has 2 N–H and O–H groups in total. The predicted molar refractivity (Wildman–Crippen MR) is 66.8 cm³/mol. The molecule has 2 bridgehead atoms. The van der Waals surface area contributed by atoms with E-state index in [9.17, 15) is 4.79 Å². The molecule has 0 spiro atoms. The normalized spacial score (nSPS) is 30.8. The van der Waals surface area contributed by atoms with Gasteiger partial charge < -0.3 is 10.6 Å². The van der Waals surface area contributed by atoms with Gasteiger partial charge in [0.2, 0.25) is 5.91 Å². The minimum Gasteiger partial charge on any atom is -0.349 e. The molecule has 2 aliphatic rings. The zero-order valence-corrected chi connectivity index (χ0v) is 10.7. The average Bonchev–Trinajstić information content (AvgIpc) is 3.01. The molecule has 1 aromatic heterocycles. The molecule has 1 amide bonds. The fourth-order valence-corrected chi connectivity index (χ4v) is 3.60. The van der Waals surface area contributed by atoms with Crippen molar-refractivity contribution >= 4 is 17.2 Å². The first-order valence-corrected chi connectivity index (χ1v) is 7.05. The lowest BCUT2D eigenvalue weighted by molar-refractivity contribution is -0.125. The number of carbonyl (C=O) groups excluding carboxylic acids is 1. The Balaban J connectivity index is 1.54. The summed E-state index contributed by atoms with van der Waals surface area (Å²) in [6, 6.07) is 0.996. The van der Waals surface area contributed by atoms with Crippen molar-refractivity contribution in [2.75, 3.05) is 0 Å². The van der Waals surface area contributed by atoms with E-state index in [0.717, 1.165) is 23.5 Å². The largest absolute Gasteiger partial charge is 0.349 e. The van der Waals surface area contributed by atoms with E-state index in [1.165, 1.54) is 6.42 Å². The zero-order valence-electron chi connectivity index (χ0n) is 9.90. The van der Waals surface area contributed by atoms with Crippen molar-refractivity contribution in [3.63, 3.8) is 0 Å². The van der Waals surface area contributed by atoms with E-state index in [0.29, 0.717) is 18.6 Å². The molecule has 3 rings (SSSR count). The lowest BCUT2D eigenvalue weighted by Gasteiger charge is -2.18. The predicted octanol–water partition coefficient (Wildman–Crippen LogP) is 1.21. The molecule has 2 aliphatic heterocycles. The number of nitrogens with one attached hydrogen (secondary N) is 2. The second-order valence-corrected chi connectivity index (χ2v) is 5.93. The first-order valence-electron chi connectivity index (χ1n) is 6.17. The van der Waals surface area contributed by atoms with Crippen LogP contribution in [0, 0.1) is 12.8 Å². The van der Waals surface area contributed by atoms with Gasteiger partial charge in [-0.05, 0) is 26.2 Å². The summed E-state index contributed by atoms with van der Waals surface area (Å²) >= 11 is 1.61. The van der Waals surface area contributed by atoms with Crippen LogP contribution >= 0.6 is 11.3 Å². The molecule has 3 unspecified atom stereocenters. The summed E-state index contributed by atoms with van der Waals surface area (Å²) in [7, 11) is 0. The van der Waals surface area contributed by atoms with Gasteiger partial charge in [-0.1, -0.05) is 0 Å². The molecule has 1 aromatic rings. The van der Waals surface area contributed by atoms with Gasteiger partial charge in [0.15, 0.2) is 0 Å². The minimum atomic E-state index is 0.176. The smallest absolute Gasteiger partial charge is 0.225 e. The third-order valence-electron chi connectivity index (χ3n) is 3.72. The number of thiazole rings is 1. The summed E-state index contributed by atoms with van der Waals surface area (Å²) in [6.45, 7) is 2.55. The van der Waals surface area contributed by atoms with Crippen molar-refractivity contribution in [1.29, 1.82) is 0 Å². The van der Waals surface area contributed by atoms with Gasteiger partial charge in [-0.25, -0.2) is 4.98 Å². The number of aryl methyl sites for hydroxylation is 1. The molecule has 3 heterocycles. The van der Waals surface area contributed by atoms with Crippen LogP contribution in [0.1, 0.15) is 30.0 Å². The molecule has 3 atom stereocenters. The summed E-state index contributed by atoms with van der Waals surface area (Å²) in [5.41, 5.74) is 1.03. The van der Waals surface area contributed by atoms with Crippen molar-refractivity contribution in [3.8, 4) is 0 Å². The summed E-state index contributed by atoms with van der Waals surface area (Å²) in [6.07, 6.45) is 3.40. The number of hydrogen-bond acceptors (Lipinski definition) is 4. The van der Waals surface area contributed by atoms with Crippen LogP contribution in [0.3, 0.4) is 0 Å². The van der Waals surface area contributed by atoms with Crippen molar-refractivity contribution in [1.82, 2.24) is 15.6 Å². The van der Waals surface area contributed by atoms with Crippen LogP contribution in [-0.2, 0) is 11.3 Å². The van der Waals surface area contributed by atoms with Gasteiger partial charge in [0.25, 0.3) is 0 Å². The van der Waals surface area contributed by atoms with E-state index in [2.05, 4.69) is 15.6 Å². The highest BCUT2D eigenvalue weighted by Gasteiger charge is 2.42. The standard InChI is InChI=1S/C12H17N3OS/c1-7-6-17-11(14-7)5-13-12(16)9-4-8-2-3-10(9)15-8/h6,8-10,15H,2-5H2,1H3,(H,13,16). The third-order valence-corrected chi connectivity index (χ3v) is 4.68. The molecule has 0 saturated carbocycles. The lowest BCUT2D eigenvalue weighted by atomic mass is 9.88. The van der Waals surface area contributed by atoms with Gasteiger partial charge in [-0.15, -0.1) is 11.3 Å². The lowest BCUT2D eigenvalue weighted by Crippen LogP contribution is -2.37. The Hall–Kier alpha value is -0.940. The maximum absolute atomic E-state index is 12.0. The van der Waals surface area contributed by atoms with Crippen molar-refractivity contribution in [2.45, 2.75) is 44.8 Å². The summed E-state index contributed by atoms with van der Waals surface area (Å²) in [5.74, 6) is 0.368. The first-order chi connectivity index (χ1) is 8.22. The maximum Gasteiger partial charge on any atom is 0.225 e. The summed E-state index contributed by atoms with van der Waals surface area (Å²) in [5, 5.41) is 9.50.